The molecule has 0 saturated heterocycles. The topological polar surface area (TPSA) is 26.0 Å². The summed E-state index contributed by atoms with van der Waals surface area (Å²) in [5, 5.41) is 5.47. The molecule has 0 N–H and O–H groups in total. The smallest absolute Gasteiger partial charge is 0.199 e. The van der Waals surface area contributed by atoms with E-state index >= 15 is 0 Å². The van der Waals surface area contributed by atoms with Gasteiger partial charge in [0, 0.05) is 30.7 Å². The normalized spacial score (nSPS) is 14.5. The first kappa shape index (κ1) is 16.5. The molecule has 25 heavy (non-hydrogen) atoms. The van der Waals surface area contributed by atoms with Crippen LogP contribution in [-0.4, -0.2) is 25.8 Å². The molecule has 6 heteroatoms. The first-order valence-corrected chi connectivity index (χ1v) is 9.09. The van der Waals surface area contributed by atoms with Crippen molar-refractivity contribution in [2.75, 3.05) is 6.54 Å². The zero-order chi connectivity index (χ0) is 17.4. The Morgan fingerprint density at radius 2 is 1.80 bits per heavy atom. The lowest BCUT2D eigenvalue weighted by Gasteiger charge is -2.28. The molecule has 0 amide bonds. The van der Waals surface area contributed by atoms with Crippen molar-refractivity contribution in [2.24, 2.45) is 7.05 Å². The van der Waals surface area contributed by atoms with E-state index in [2.05, 4.69) is 29.2 Å². The summed E-state index contributed by atoms with van der Waals surface area (Å²) in [6.45, 7) is 2.66. The van der Waals surface area contributed by atoms with Crippen LogP contribution < -0.4 is 0 Å². The average Bonchev–Trinajstić information content (AvgIpc) is 2.91. The zero-order valence-electron chi connectivity index (χ0n) is 14.0. The summed E-state index contributed by atoms with van der Waals surface area (Å²) in [5.41, 5.74) is 3.86. The Morgan fingerprint density at radius 3 is 2.56 bits per heavy atom. The number of halogens is 1. The number of hydrogen-bond acceptors (Lipinski definition) is 3. The Bertz CT molecular complexity index is 958. The SMILES string of the molecule is Cn1c(-c2ccc(Cl)cc2)nn(CN2CCc3ccccc3C2)c1=S. The molecular formula is C19H19ClN4S. The van der Waals surface area contributed by atoms with E-state index in [1.165, 1.54) is 11.1 Å². The van der Waals surface area contributed by atoms with Gasteiger partial charge in [-0.1, -0.05) is 35.9 Å². The molecule has 0 fully saturated rings. The average molecular weight is 371 g/mol. The van der Waals surface area contributed by atoms with Crippen molar-refractivity contribution < 1.29 is 0 Å². The first-order chi connectivity index (χ1) is 12.1. The third-order valence-corrected chi connectivity index (χ3v) is 5.42. The Hall–Kier alpha value is -1.95. The summed E-state index contributed by atoms with van der Waals surface area (Å²) in [7, 11) is 1.96. The van der Waals surface area contributed by atoms with Gasteiger partial charge in [0.2, 0.25) is 0 Å². The molecule has 0 aliphatic carbocycles. The Morgan fingerprint density at radius 1 is 1.08 bits per heavy atom. The summed E-state index contributed by atoms with van der Waals surface area (Å²) >= 11 is 11.6. The van der Waals surface area contributed by atoms with Crippen LogP contribution in [0.1, 0.15) is 11.1 Å². The molecule has 0 bridgehead atoms. The van der Waals surface area contributed by atoms with Crippen LogP contribution in [0.5, 0.6) is 0 Å². The third-order valence-electron chi connectivity index (χ3n) is 4.69. The molecule has 0 unspecified atom stereocenters. The number of fused-ring (bicyclic) bond motifs is 1. The highest BCUT2D eigenvalue weighted by Gasteiger charge is 2.18. The molecule has 0 saturated carbocycles. The van der Waals surface area contributed by atoms with Gasteiger partial charge in [0.05, 0.1) is 6.67 Å². The quantitative estimate of drug-likeness (QED) is 0.643. The van der Waals surface area contributed by atoms with Gasteiger partial charge < -0.3 is 4.57 Å². The van der Waals surface area contributed by atoms with Crippen molar-refractivity contribution in [2.45, 2.75) is 19.6 Å². The number of aromatic nitrogens is 3. The monoisotopic (exact) mass is 370 g/mol. The van der Waals surface area contributed by atoms with Crippen molar-refractivity contribution >= 4 is 23.8 Å². The second kappa shape index (κ2) is 6.75. The van der Waals surface area contributed by atoms with E-state index in [4.69, 9.17) is 28.9 Å². The van der Waals surface area contributed by atoms with Crippen LogP contribution in [-0.2, 0) is 26.7 Å². The molecule has 1 aromatic heterocycles. The molecule has 2 aromatic carbocycles. The second-order valence-electron chi connectivity index (χ2n) is 6.38. The van der Waals surface area contributed by atoms with E-state index in [1.807, 2.05) is 40.6 Å². The predicted molar refractivity (Wildman–Crippen MR) is 103 cm³/mol. The fourth-order valence-corrected chi connectivity index (χ4v) is 3.61. The van der Waals surface area contributed by atoms with Gasteiger partial charge >= 0.3 is 0 Å². The summed E-state index contributed by atoms with van der Waals surface area (Å²) in [6.07, 6.45) is 1.07. The number of benzene rings is 2. The molecular weight excluding hydrogens is 352 g/mol. The van der Waals surface area contributed by atoms with Crippen molar-refractivity contribution in [3.8, 4) is 11.4 Å². The maximum atomic E-state index is 5.99. The second-order valence-corrected chi connectivity index (χ2v) is 7.19. The highest BCUT2D eigenvalue weighted by molar-refractivity contribution is 7.71. The van der Waals surface area contributed by atoms with Gasteiger partial charge in [0.1, 0.15) is 0 Å². The number of hydrogen-bond donors (Lipinski definition) is 0. The summed E-state index contributed by atoms with van der Waals surface area (Å²) in [4.78, 5) is 2.39. The van der Waals surface area contributed by atoms with Gasteiger partial charge in [0.25, 0.3) is 0 Å². The minimum atomic E-state index is 0.703. The highest BCUT2D eigenvalue weighted by atomic mass is 35.5. The Kier molecular flexibility index (Phi) is 4.46. The standard InChI is InChI=1S/C19H19ClN4S/c1-22-18(15-6-8-17(20)9-7-15)21-24(19(22)25)13-23-11-10-14-4-2-3-5-16(14)12-23/h2-9H,10-13H2,1H3. The molecule has 4 rings (SSSR count). The lowest BCUT2D eigenvalue weighted by atomic mass is 10.0. The minimum absolute atomic E-state index is 0.703. The fraction of sp³-hybridized carbons (Fsp3) is 0.263. The van der Waals surface area contributed by atoms with Crippen LogP contribution in [0.25, 0.3) is 11.4 Å². The van der Waals surface area contributed by atoms with Gasteiger partial charge in [-0.2, -0.15) is 5.10 Å². The summed E-state index contributed by atoms with van der Waals surface area (Å²) in [6, 6.07) is 16.3. The van der Waals surface area contributed by atoms with Crippen LogP contribution in [0, 0.1) is 4.77 Å². The number of nitrogens with zero attached hydrogens (tertiary/aromatic N) is 4. The molecule has 3 aromatic rings. The molecule has 1 aliphatic rings. The molecule has 2 heterocycles. The summed E-state index contributed by atoms with van der Waals surface area (Å²) < 4.78 is 4.59. The highest BCUT2D eigenvalue weighted by Crippen LogP contribution is 2.22. The molecule has 4 nitrogen and oxygen atoms in total. The summed E-state index contributed by atoms with van der Waals surface area (Å²) in [5.74, 6) is 0.860. The number of rotatable bonds is 3. The fourth-order valence-electron chi connectivity index (χ4n) is 3.29. The molecule has 0 radical (unpaired) electrons. The van der Waals surface area contributed by atoms with Gasteiger partial charge in [-0.15, -0.1) is 0 Å². The largest absolute Gasteiger partial charge is 0.303 e. The molecule has 1 aliphatic heterocycles. The zero-order valence-corrected chi connectivity index (χ0v) is 15.6. The first-order valence-electron chi connectivity index (χ1n) is 8.31. The van der Waals surface area contributed by atoms with Gasteiger partial charge in [-0.3, -0.25) is 4.90 Å². The van der Waals surface area contributed by atoms with E-state index in [-0.39, 0.29) is 0 Å². The maximum absolute atomic E-state index is 5.99. The minimum Gasteiger partial charge on any atom is -0.303 e. The van der Waals surface area contributed by atoms with E-state index in [9.17, 15) is 0 Å². The van der Waals surface area contributed by atoms with Crippen molar-refractivity contribution in [1.82, 2.24) is 19.2 Å². The van der Waals surface area contributed by atoms with Crippen molar-refractivity contribution in [3.63, 3.8) is 0 Å². The lowest BCUT2D eigenvalue weighted by molar-refractivity contribution is 0.188. The van der Waals surface area contributed by atoms with E-state index in [0.717, 1.165) is 40.7 Å². The molecule has 0 atom stereocenters. The maximum Gasteiger partial charge on any atom is 0.199 e. The van der Waals surface area contributed by atoms with Gasteiger partial charge in [-0.25, -0.2) is 4.68 Å². The van der Waals surface area contributed by atoms with Crippen molar-refractivity contribution in [3.05, 3.63) is 69.5 Å². The van der Waals surface area contributed by atoms with Gasteiger partial charge in [0.15, 0.2) is 10.6 Å². The molecule has 128 valence electrons. The van der Waals surface area contributed by atoms with Crippen LogP contribution in [0.15, 0.2) is 48.5 Å². The lowest BCUT2D eigenvalue weighted by Crippen LogP contribution is -2.32. The molecule has 0 spiro atoms. The third kappa shape index (κ3) is 3.27. The Labute approximate surface area is 157 Å². The van der Waals surface area contributed by atoms with E-state index < -0.39 is 0 Å². The predicted octanol–water partition coefficient (Wildman–Crippen LogP) is 4.29. The van der Waals surface area contributed by atoms with Gasteiger partial charge in [-0.05, 0) is 54.0 Å². The van der Waals surface area contributed by atoms with Crippen LogP contribution in [0.3, 0.4) is 0 Å². The van der Waals surface area contributed by atoms with Crippen LogP contribution in [0.4, 0.5) is 0 Å². The van der Waals surface area contributed by atoms with E-state index in [1.54, 1.807) is 0 Å². The Balaban J connectivity index is 1.59. The van der Waals surface area contributed by atoms with Crippen LogP contribution >= 0.6 is 23.8 Å². The van der Waals surface area contributed by atoms with Crippen LogP contribution in [0.2, 0.25) is 5.02 Å². The van der Waals surface area contributed by atoms with Crippen molar-refractivity contribution in [1.29, 1.82) is 0 Å². The van der Waals surface area contributed by atoms with E-state index in [0.29, 0.717) is 6.67 Å².